The van der Waals surface area contributed by atoms with Crippen LogP contribution >= 0.6 is 0 Å². The highest BCUT2D eigenvalue weighted by Gasteiger charge is 2.25. The number of hydrogen-bond acceptors (Lipinski definition) is 2. The molecule has 0 saturated heterocycles. The topological polar surface area (TPSA) is 29.3 Å². The van der Waals surface area contributed by atoms with Gasteiger partial charge in [-0.3, -0.25) is 0 Å². The highest BCUT2D eigenvalue weighted by molar-refractivity contribution is 5.63. The smallest absolute Gasteiger partial charge is 0.0450 e. The number of para-hydroxylation sites is 1. The zero-order chi connectivity index (χ0) is 9.42. The van der Waals surface area contributed by atoms with E-state index in [1.807, 2.05) is 0 Å². The molecule has 0 aliphatic carbocycles. The quantitative estimate of drug-likeness (QED) is 0.699. The minimum absolute atomic E-state index is 0.496. The molecule has 2 nitrogen and oxygen atoms in total. The number of aryl methyl sites for hydroxylation is 1. The fraction of sp³-hybridized carbons (Fsp3) is 0.455. The Labute approximate surface area is 79.4 Å². The fourth-order valence-corrected chi connectivity index (χ4v) is 2.20. The molecule has 0 aromatic heterocycles. The Kier molecular flexibility index (Phi) is 2.00. The van der Waals surface area contributed by atoms with Crippen LogP contribution in [-0.2, 0) is 6.42 Å². The summed E-state index contributed by atoms with van der Waals surface area (Å²) in [6.45, 7) is 2.90. The normalized spacial score (nSPS) is 20.5. The van der Waals surface area contributed by atoms with Crippen LogP contribution in [0.5, 0.6) is 0 Å². The van der Waals surface area contributed by atoms with Crippen molar-refractivity contribution in [3.63, 3.8) is 0 Å². The van der Waals surface area contributed by atoms with Gasteiger partial charge in [-0.15, -0.1) is 0 Å². The van der Waals surface area contributed by atoms with E-state index >= 15 is 0 Å². The number of nitrogens with zero attached hydrogens (tertiary/aromatic N) is 1. The molecule has 1 aromatic rings. The van der Waals surface area contributed by atoms with Crippen LogP contribution in [0.3, 0.4) is 0 Å². The first-order chi connectivity index (χ1) is 6.24. The molecule has 0 amide bonds. The van der Waals surface area contributed by atoms with Gasteiger partial charge in [-0.1, -0.05) is 18.2 Å². The fourth-order valence-electron chi connectivity index (χ4n) is 2.20. The molecule has 13 heavy (non-hydrogen) atoms. The molecule has 0 radical (unpaired) electrons. The number of benzene rings is 1. The molecule has 2 rings (SSSR count). The minimum Gasteiger partial charge on any atom is -0.370 e. The molecule has 0 spiro atoms. The summed E-state index contributed by atoms with van der Waals surface area (Å²) in [5.41, 5.74) is 9.90. The van der Waals surface area contributed by atoms with Crippen molar-refractivity contribution >= 4 is 5.69 Å². The lowest BCUT2D eigenvalue weighted by molar-refractivity contribution is 0.674. The number of nitrogens with two attached hydrogens (primary N) is 1. The van der Waals surface area contributed by atoms with Crippen molar-refractivity contribution in [2.75, 3.05) is 18.5 Å². The predicted octanol–water partition coefficient (Wildman–Crippen LogP) is 1.31. The lowest BCUT2D eigenvalue weighted by Gasteiger charge is -2.22. The van der Waals surface area contributed by atoms with E-state index in [2.05, 4.69) is 37.1 Å². The first kappa shape index (κ1) is 8.57. The van der Waals surface area contributed by atoms with Crippen molar-refractivity contribution in [3.8, 4) is 0 Å². The van der Waals surface area contributed by atoms with Crippen LogP contribution in [-0.4, -0.2) is 19.6 Å². The Hall–Kier alpha value is -1.02. The summed E-state index contributed by atoms with van der Waals surface area (Å²) in [4.78, 5) is 2.31. The van der Waals surface area contributed by atoms with Crippen molar-refractivity contribution in [2.24, 2.45) is 5.73 Å². The summed E-state index contributed by atoms with van der Waals surface area (Å²) < 4.78 is 0. The molecule has 1 aliphatic heterocycles. The molecule has 2 heteroatoms. The maximum absolute atomic E-state index is 5.71. The van der Waals surface area contributed by atoms with E-state index in [0.29, 0.717) is 6.04 Å². The van der Waals surface area contributed by atoms with E-state index in [1.54, 1.807) is 0 Å². The van der Waals surface area contributed by atoms with Crippen molar-refractivity contribution in [1.29, 1.82) is 0 Å². The molecule has 0 fully saturated rings. The van der Waals surface area contributed by atoms with Crippen LogP contribution in [0.15, 0.2) is 18.2 Å². The third kappa shape index (κ3) is 1.22. The monoisotopic (exact) mass is 176 g/mol. The number of hydrogen-bond donors (Lipinski definition) is 1. The molecule has 1 unspecified atom stereocenters. The molecule has 0 bridgehead atoms. The third-order valence-corrected chi connectivity index (χ3v) is 2.95. The standard InChI is InChI=1S/C11H16N2/c1-8-4-3-5-9-6-10(7-12)13(2)11(8)9/h3-5,10H,6-7,12H2,1-2H3. The van der Waals surface area contributed by atoms with E-state index in [-0.39, 0.29) is 0 Å². The summed E-state index contributed by atoms with van der Waals surface area (Å²) >= 11 is 0. The van der Waals surface area contributed by atoms with Gasteiger partial charge in [-0.05, 0) is 24.5 Å². The highest BCUT2D eigenvalue weighted by Crippen LogP contribution is 2.33. The van der Waals surface area contributed by atoms with Gasteiger partial charge in [0, 0.05) is 25.3 Å². The second kappa shape index (κ2) is 3.04. The molecule has 1 atom stereocenters. The van der Waals surface area contributed by atoms with Gasteiger partial charge in [0.1, 0.15) is 0 Å². The minimum atomic E-state index is 0.496. The van der Waals surface area contributed by atoms with Gasteiger partial charge >= 0.3 is 0 Å². The number of anilines is 1. The van der Waals surface area contributed by atoms with Crippen LogP contribution in [0.2, 0.25) is 0 Å². The van der Waals surface area contributed by atoms with E-state index in [1.165, 1.54) is 16.8 Å². The summed E-state index contributed by atoms with van der Waals surface area (Å²) in [5.74, 6) is 0. The average molecular weight is 176 g/mol. The van der Waals surface area contributed by atoms with Crippen molar-refractivity contribution in [1.82, 2.24) is 0 Å². The van der Waals surface area contributed by atoms with Crippen molar-refractivity contribution in [3.05, 3.63) is 29.3 Å². The van der Waals surface area contributed by atoms with E-state index in [4.69, 9.17) is 5.73 Å². The van der Waals surface area contributed by atoms with Crippen LogP contribution in [0.4, 0.5) is 5.69 Å². The molecule has 2 N–H and O–H groups in total. The summed E-state index contributed by atoms with van der Waals surface area (Å²) in [6.07, 6.45) is 1.10. The van der Waals surface area contributed by atoms with Crippen LogP contribution < -0.4 is 10.6 Å². The maximum atomic E-state index is 5.71. The Bertz CT molecular complexity index is 320. The molecule has 70 valence electrons. The average Bonchev–Trinajstić information content (AvgIpc) is 2.44. The first-order valence-corrected chi connectivity index (χ1v) is 4.75. The Morgan fingerprint density at radius 3 is 2.92 bits per heavy atom. The summed E-state index contributed by atoms with van der Waals surface area (Å²) in [6, 6.07) is 6.99. The third-order valence-electron chi connectivity index (χ3n) is 2.95. The van der Waals surface area contributed by atoms with Crippen molar-refractivity contribution < 1.29 is 0 Å². The van der Waals surface area contributed by atoms with E-state index in [9.17, 15) is 0 Å². The Morgan fingerprint density at radius 1 is 1.54 bits per heavy atom. The van der Waals surface area contributed by atoms with Gasteiger partial charge in [-0.25, -0.2) is 0 Å². The maximum Gasteiger partial charge on any atom is 0.0450 e. The van der Waals surface area contributed by atoms with Crippen LogP contribution in [0.25, 0.3) is 0 Å². The largest absolute Gasteiger partial charge is 0.370 e. The molecule has 0 saturated carbocycles. The number of fused-ring (bicyclic) bond motifs is 1. The summed E-state index contributed by atoms with van der Waals surface area (Å²) in [5, 5.41) is 0. The van der Waals surface area contributed by atoms with Gasteiger partial charge < -0.3 is 10.6 Å². The van der Waals surface area contributed by atoms with E-state index in [0.717, 1.165) is 13.0 Å². The molecule has 1 heterocycles. The lowest BCUT2D eigenvalue weighted by atomic mass is 10.1. The van der Waals surface area contributed by atoms with Crippen molar-refractivity contribution in [2.45, 2.75) is 19.4 Å². The second-order valence-electron chi connectivity index (χ2n) is 3.79. The Balaban J connectivity index is 2.44. The predicted molar refractivity (Wildman–Crippen MR) is 56.1 cm³/mol. The van der Waals surface area contributed by atoms with Gasteiger partial charge in [0.15, 0.2) is 0 Å². The summed E-state index contributed by atoms with van der Waals surface area (Å²) in [7, 11) is 2.14. The first-order valence-electron chi connectivity index (χ1n) is 4.75. The Morgan fingerprint density at radius 2 is 2.31 bits per heavy atom. The van der Waals surface area contributed by atoms with Crippen LogP contribution in [0.1, 0.15) is 11.1 Å². The molecule has 1 aromatic carbocycles. The zero-order valence-electron chi connectivity index (χ0n) is 8.25. The van der Waals surface area contributed by atoms with Gasteiger partial charge in [0.25, 0.3) is 0 Å². The molecule has 1 aliphatic rings. The van der Waals surface area contributed by atoms with Gasteiger partial charge in [-0.2, -0.15) is 0 Å². The number of likely N-dealkylation sites (N-methyl/N-ethyl adjacent to an activating group) is 1. The van der Waals surface area contributed by atoms with E-state index < -0.39 is 0 Å². The number of rotatable bonds is 1. The molecular formula is C11H16N2. The van der Waals surface area contributed by atoms with Crippen LogP contribution in [0, 0.1) is 6.92 Å². The van der Waals surface area contributed by atoms with Gasteiger partial charge in [0.2, 0.25) is 0 Å². The highest BCUT2D eigenvalue weighted by atomic mass is 15.2. The second-order valence-corrected chi connectivity index (χ2v) is 3.79. The lowest BCUT2D eigenvalue weighted by Crippen LogP contribution is -2.35. The zero-order valence-corrected chi connectivity index (χ0v) is 8.25. The SMILES string of the molecule is Cc1cccc2c1N(C)C(CN)C2. The molecular weight excluding hydrogens is 160 g/mol. The van der Waals surface area contributed by atoms with Gasteiger partial charge in [0.05, 0.1) is 0 Å².